The highest BCUT2D eigenvalue weighted by Gasteiger charge is 2.27. The van der Waals surface area contributed by atoms with E-state index in [2.05, 4.69) is 34.2 Å². The molecule has 1 aliphatic heterocycles. The van der Waals surface area contributed by atoms with E-state index in [0.29, 0.717) is 5.92 Å². The summed E-state index contributed by atoms with van der Waals surface area (Å²) in [6.07, 6.45) is 5.05. The number of nitrogens with zero attached hydrogens (tertiary/aromatic N) is 3. The highest BCUT2D eigenvalue weighted by molar-refractivity contribution is 4.98. The van der Waals surface area contributed by atoms with Crippen molar-refractivity contribution in [2.75, 3.05) is 26.2 Å². The molecule has 1 aliphatic carbocycles. The van der Waals surface area contributed by atoms with Gasteiger partial charge in [-0.3, -0.25) is 4.90 Å². The second-order valence-corrected chi connectivity index (χ2v) is 6.93. The quantitative estimate of drug-likeness (QED) is 0.923. The van der Waals surface area contributed by atoms with E-state index in [-0.39, 0.29) is 0 Å². The molecule has 0 unspecified atom stereocenters. The molecular formula is C16H28N4O. The molecule has 1 aromatic rings. The van der Waals surface area contributed by atoms with Crippen LogP contribution in [0, 0.1) is 11.8 Å². The summed E-state index contributed by atoms with van der Waals surface area (Å²) in [5.41, 5.74) is 0. The molecule has 1 saturated carbocycles. The fourth-order valence-corrected chi connectivity index (χ4v) is 3.60. The van der Waals surface area contributed by atoms with Crippen LogP contribution in [0.5, 0.6) is 0 Å². The van der Waals surface area contributed by atoms with E-state index < -0.39 is 0 Å². The molecule has 5 heteroatoms. The standard InChI is InChI=1S/C16H28N4O/c1-12(2)13-3-5-14(6-4-13)16-18-15(21-19-16)11-20-9-7-17-8-10-20/h12-14,17H,3-11H2,1-2H3. The minimum absolute atomic E-state index is 0.514. The van der Waals surface area contributed by atoms with Crippen molar-refractivity contribution in [2.45, 2.75) is 52.0 Å². The lowest BCUT2D eigenvalue weighted by molar-refractivity contribution is 0.203. The Hall–Kier alpha value is -0.940. The van der Waals surface area contributed by atoms with Crippen LogP contribution in [-0.4, -0.2) is 41.2 Å². The van der Waals surface area contributed by atoms with Crippen molar-refractivity contribution in [1.82, 2.24) is 20.4 Å². The molecule has 2 heterocycles. The molecule has 1 N–H and O–H groups in total. The molecule has 118 valence electrons. The molecule has 0 aromatic carbocycles. The van der Waals surface area contributed by atoms with Crippen molar-refractivity contribution in [2.24, 2.45) is 11.8 Å². The summed E-state index contributed by atoms with van der Waals surface area (Å²) in [5.74, 6) is 3.94. The van der Waals surface area contributed by atoms with Gasteiger partial charge in [-0.05, 0) is 37.5 Å². The minimum atomic E-state index is 0.514. The molecule has 0 amide bonds. The van der Waals surface area contributed by atoms with Crippen molar-refractivity contribution >= 4 is 0 Å². The highest BCUT2D eigenvalue weighted by atomic mass is 16.5. The summed E-state index contributed by atoms with van der Waals surface area (Å²) in [6, 6.07) is 0. The van der Waals surface area contributed by atoms with Gasteiger partial charge >= 0.3 is 0 Å². The van der Waals surface area contributed by atoms with E-state index in [4.69, 9.17) is 4.52 Å². The van der Waals surface area contributed by atoms with Crippen molar-refractivity contribution in [1.29, 1.82) is 0 Å². The number of nitrogens with one attached hydrogen (secondary N) is 1. The summed E-state index contributed by atoms with van der Waals surface area (Å²) < 4.78 is 5.47. The zero-order valence-electron chi connectivity index (χ0n) is 13.3. The van der Waals surface area contributed by atoms with Gasteiger partial charge in [0.2, 0.25) is 5.89 Å². The van der Waals surface area contributed by atoms with Crippen molar-refractivity contribution in [3.8, 4) is 0 Å². The molecule has 5 nitrogen and oxygen atoms in total. The zero-order chi connectivity index (χ0) is 14.7. The van der Waals surface area contributed by atoms with Gasteiger partial charge in [-0.25, -0.2) is 0 Å². The number of hydrogen-bond donors (Lipinski definition) is 1. The van der Waals surface area contributed by atoms with Crippen LogP contribution in [-0.2, 0) is 6.54 Å². The number of hydrogen-bond acceptors (Lipinski definition) is 5. The van der Waals surface area contributed by atoms with Gasteiger partial charge in [0, 0.05) is 32.1 Å². The maximum atomic E-state index is 5.47. The van der Waals surface area contributed by atoms with Crippen molar-refractivity contribution in [3.63, 3.8) is 0 Å². The zero-order valence-corrected chi connectivity index (χ0v) is 13.3. The third-order valence-corrected chi connectivity index (χ3v) is 5.13. The summed E-state index contributed by atoms with van der Waals surface area (Å²) in [6.45, 7) is 9.72. The van der Waals surface area contributed by atoms with E-state index in [0.717, 1.165) is 56.3 Å². The summed E-state index contributed by atoms with van der Waals surface area (Å²) >= 11 is 0. The monoisotopic (exact) mass is 292 g/mol. The van der Waals surface area contributed by atoms with Crippen LogP contribution < -0.4 is 5.32 Å². The first-order chi connectivity index (χ1) is 10.2. The first-order valence-corrected chi connectivity index (χ1v) is 8.48. The van der Waals surface area contributed by atoms with Gasteiger partial charge < -0.3 is 9.84 Å². The van der Waals surface area contributed by atoms with Crippen molar-refractivity contribution < 1.29 is 4.52 Å². The lowest BCUT2D eigenvalue weighted by Crippen LogP contribution is -2.42. The van der Waals surface area contributed by atoms with Crippen LogP contribution in [0.3, 0.4) is 0 Å². The van der Waals surface area contributed by atoms with Gasteiger partial charge in [-0.1, -0.05) is 19.0 Å². The third-order valence-electron chi connectivity index (χ3n) is 5.13. The van der Waals surface area contributed by atoms with E-state index in [9.17, 15) is 0 Å². The Labute approximate surface area is 127 Å². The minimum Gasteiger partial charge on any atom is -0.338 e. The summed E-state index contributed by atoms with van der Waals surface area (Å²) in [7, 11) is 0. The Balaban J connectivity index is 1.53. The molecule has 1 saturated heterocycles. The van der Waals surface area contributed by atoms with E-state index in [1.807, 2.05) is 0 Å². The predicted octanol–water partition coefficient (Wildman–Crippen LogP) is 2.40. The average molecular weight is 292 g/mol. The summed E-state index contributed by atoms with van der Waals surface area (Å²) in [4.78, 5) is 7.04. The topological polar surface area (TPSA) is 54.2 Å². The van der Waals surface area contributed by atoms with Crippen LogP contribution in [0.15, 0.2) is 4.52 Å². The molecule has 2 aliphatic rings. The second-order valence-electron chi connectivity index (χ2n) is 6.93. The van der Waals surface area contributed by atoms with Gasteiger partial charge in [0.15, 0.2) is 5.82 Å². The van der Waals surface area contributed by atoms with Crippen LogP contribution in [0.1, 0.15) is 57.2 Å². The first-order valence-electron chi connectivity index (χ1n) is 8.48. The number of rotatable bonds is 4. The molecule has 0 radical (unpaired) electrons. The lowest BCUT2D eigenvalue weighted by Gasteiger charge is -2.29. The number of piperazine rings is 1. The first kappa shape index (κ1) is 15.0. The second kappa shape index (κ2) is 6.88. The molecule has 1 aromatic heterocycles. The maximum Gasteiger partial charge on any atom is 0.240 e. The predicted molar refractivity (Wildman–Crippen MR) is 82.0 cm³/mol. The summed E-state index contributed by atoms with van der Waals surface area (Å²) in [5, 5.41) is 7.61. The fourth-order valence-electron chi connectivity index (χ4n) is 3.60. The molecule has 0 atom stereocenters. The fraction of sp³-hybridized carbons (Fsp3) is 0.875. The van der Waals surface area contributed by atoms with Gasteiger partial charge in [-0.2, -0.15) is 4.98 Å². The highest BCUT2D eigenvalue weighted by Crippen LogP contribution is 2.37. The van der Waals surface area contributed by atoms with Crippen molar-refractivity contribution in [3.05, 3.63) is 11.7 Å². The van der Waals surface area contributed by atoms with Gasteiger partial charge in [-0.15, -0.1) is 0 Å². The number of aromatic nitrogens is 2. The van der Waals surface area contributed by atoms with Gasteiger partial charge in [0.1, 0.15) is 0 Å². The molecule has 21 heavy (non-hydrogen) atoms. The molecule has 0 spiro atoms. The third kappa shape index (κ3) is 3.83. The van der Waals surface area contributed by atoms with Crippen LogP contribution in [0.4, 0.5) is 0 Å². The molecule has 3 rings (SSSR count). The Morgan fingerprint density at radius 3 is 2.57 bits per heavy atom. The van der Waals surface area contributed by atoms with Gasteiger partial charge in [0.05, 0.1) is 6.54 Å². The SMILES string of the molecule is CC(C)C1CCC(c2noc(CN3CCNCC3)n2)CC1. The van der Waals surface area contributed by atoms with Gasteiger partial charge in [0.25, 0.3) is 0 Å². The van der Waals surface area contributed by atoms with E-state index in [1.165, 1.54) is 25.7 Å². The van der Waals surface area contributed by atoms with E-state index in [1.54, 1.807) is 0 Å². The lowest BCUT2D eigenvalue weighted by atomic mass is 9.77. The van der Waals surface area contributed by atoms with Crippen LogP contribution in [0.2, 0.25) is 0 Å². The smallest absolute Gasteiger partial charge is 0.240 e. The molecule has 2 fully saturated rings. The van der Waals surface area contributed by atoms with Crippen LogP contribution in [0.25, 0.3) is 0 Å². The Morgan fingerprint density at radius 1 is 1.19 bits per heavy atom. The van der Waals surface area contributed by atoms with E-state index >= 15 is 0 Å². The molecular weight excluding hydrogens is 264 g/mol. The van der Waals surface area contributed by atoms with Crippen LogP contribution >= 0.6 is 0 Å². The Bertz CT molecular complexity index is 431. The normalized spacial score (nSPS) is 28.1. The molecule has 0 bridgehead atoms. The Kier molecular flexibility index (Phi) is 4.91. The Morgan fingerprint density at radius 2 is 1.90 bits per heavy atom. The largest absolute Gasteiger partial charge is 0.338 e. The maximum absolute atomic E-state index is 5.47. The average Bonchev–Trinajstić information content (AvgIpc) is 2.97.